The largest absolute Gasteiger partial charge is 0.381 e. The van der Waals surface area contributed by atoms with Crippen LogP contribution in [-0.2, 0) is 24.3 Å². The van der Waals surface area contributed by atoms with Gasteiger partial charge in [0.15, 0.2) is 0 Å². The van der Waals surface area contributed by atoms with Crippen LogP contribution in [0.1, 0.15) is 22.3 Å². The van der Waals surface area contributed by atoms with E-state index in [2.05, 4.69) is 46.8 Å². The van der Waals surface area contributed by atoms with Crippen LogP contribution in [0, 0.1) is 6.92 Å². The van der Waals surface area contributed by atoms with E-state index in [9.17, 15) is 4.79 Å². The Morgan fingerprint density at radius 2 is 1.62 bits per heavy atom. The number of hydrogen-bond acceptors (Lipinski definition) is 3. The number of carbonyl (C=O) groups excluding carboxylic acids is 1. The summed E-state index contributed by atoms with van der Waals surface area (Å²) in [7, 11) is 0. The van der Waals surface area contributed by atoms with E-state index >= 15 is 0 Å². The van der Waals surface area contributed by atoms with Crippen LogP contribution in [0.4, 0.5) is 5.69 Å². The molecule has 4 heteroatoms. The lowest BCUT2D eigenvalue weighted by molar-refractivity contribution is -0.120. The zero-order chi connectivity index (χ0) is 18.2. The summed E-state index contributed by atoms with van der Waals surface area (Å²) in [6.07, 6.45) is 3.85. The molecule has 0 aliphatic rings. The van der Waals surface area contributed by atoms with Crippen molar-refractivity contribution in [2.24, 2.45) is 0 Å². The normalized spacial score (nSPS) is 10.3. The van der Waals surface area contributed by atoms with Crippen molar-refractivity contribution in [2.45, 2.75) is 26.4 Å². The van der Waals surface area contributed by atoms with Gasteiger partial charge in [-0.15, -0.1) is 0 Å². The molecule has 0 spiro atoms. The van der Waals surface area contributed by atoms with Gasteiger partial charge in [-0.3, -0.25) is 9.78 Å². The van der Waals surface area contributed by atoms with Crippen molar-refractivity contribution in [1.29, 1.82) is 0 Å². The van der Waals surface area contributed by atoms with E-state index < -0.39 is 0 Å². The summed E-state index contributed by atoms with van der Waals surface area (Å²) in [5.74, 6) is 0.00853. The Kier molecular flexibility index (Phi) is 5.99. The monoisotopic (exact) mass is 345 g/mol. The van der Waals surface area contributed by atoms with Crippen molar-refractivity contribution < 1.29 is 4.79 Å². The zero-order valence-electron chi connectivity index (χ0n) is 14.9. The van der Waals surface area contributed by atoms with E-state index in [1.807, 2.05) is 36.4 Å². The number of pyridine rings is 1. The Balaban J connectivity index is 1.46. The van der Waals surface area contributed by atoms with Crippen LogP contribution >= 0.6 is 0 Å². The molecule has 132 valence electrons. The number of amides is 1. The molecule has 0 radical (unpaired) electrons. The van der Waals surface area contributed by atoms with Crippen molar-refractivity contribution in [1.82, 2.24) is 10.3 Å². The highest BCUT2D eigenvalue weighted by Gasteiger charge is 2.04. The first kappa shape index (κ1) is 17.7. The van der Waals surface area contributed by atoms with E-state index in [4.69, 9.17) is 0 Å². The van der Waals surface area contributed by atoms with Crippen LogP contribution < -0.4 is 10.6 Å². The van der Waals surface area contributed by atoms with Gasteiger partial charge in [0.2, 0.25) is 5.91 Å². The number of hydrogen-bond donors (Lipinski definition) is 2. The van der Waals surface area contributed by atoms with Gasteiger partial charge >= 0.3 is 0 Å². The van der Waals surface area contributed by atoms with Crippen LogP contribution in [-0.4, -0.2) is 10.9 Å². The number of rotatable bonds is 7. The minimum atomic E-state index is 0.00853. The number of nitrogens with one attached hydrogen (secondary N) is 2. The van der Waals surface area contributed by atoms with Crippen LogP contribution in [0.25, 0.3) is 0 Å². The Bertz CT molecular complexity index is 828. The van der Waals surface area contributed by atoms with E-state index in [-0.39, 0.29) is 5.91 Å². The average Bonchev–Trinajstić information content (AvgIpc) is 2.68. The molecule has 1 heterocycles. The van der Waals surface area contributed by atoms with Gasteiger partial charge in [0.1, 0.15) is 0 Å². The highest BCUT2D eigenvalue weighted by atomic mass is 16.1. The van der Waals surface area contributed by atoms with Crippen molar-refractivity contribution in [2.75, 3.05) is 5.32 Å². The molecule has 1 amide bonds. The molecule has 3 rings (SSSR count). The molecule has 2 aromatic carbocycles. The second kappa shape index (κ2) is 8.81. The molecule has 4 nitrogen and oxygen atoms in total. The second-order valence-corrected chi connectivity index (χ2v) is 6.35. The lowest BCUT2D eigenvalue weighted by Gasteiger charge is -2.09. The maximum absolute atomic E-state index is 12.1. The van der Waals surface area contributed by atoms with Crippen molar-refractivity contribution in [3.05, 3.63) is 95.3 Å². The van der Waals surface area contributed by atoms with Gasteiger partial charge in [0, 0.05) is 31.2 Å². The molecular formula is C22H23N3O. The SMILES string of the molecule is Cc1ccc(CNc2ccc(CC(=O)NCc3cccnc3)cc2)cc1. The first-order valence-electron chi connectivity index (χ1n) is 8.73. The molecular weight excluding hydrogens is 322 g/mol. The summed E-state index contributed by atoms with van der Waals surface area (Å²) in [4.78, 5) is 16.1. The third-order valence-electron chi connectivity index (χ3n) is 4.15. The maximum atomic E-state index is 12.1. The van der Waals surface area contributed by atoms with Gasteiger partial charge in [-0.05, 0) is 41.8 Å². The molecule has 1 aromatic heterocycles. The summed E-state index contributed by atoms with van der Waals surface area (Å²) in [6.45, 7) is 3.37. The molecule has 0 saturated carbocycles. The number of anilines is 1. The minimum Gasteiger partial charge on any atom is -0.381 e. The number of carbonyl (C=O) groups is 1. The molecule has 0 saturated heterocycles. The fourth-order valence-corrected chi connectivity index (χ4v) is 2.60. The topological polar surface area (TPSA) is 54.0 Å². The van der Waals surface area contributed by atoms with Crippen molar-refractivity contribution in [3.63, 3.8) is 0 Å². The maximum Gasteiger partial charge on any atom is 0.224 e. The fraction of sp³-hybridized carbons (Fsp3) is 0.182. The van der Waals surface area contributed by atoms with Gasteiger partial charge in [-0.1, -0.05) is 48.0 Å². The van der Waals surface area contributed by atoms with Gasteiger partial charge < -0.3 is 10.6 Å². The summed E-state index contributed by atoms with van der Waals surface area (Å²) < 4.78 is 0. The van der Waals surface area contributed by atoms with Gasteiger partial charge in [-0.25, -0.2) is 0 Å². The Morgan fingerprint density at radius 1 is 0.885 bits per heavy atom. The highest BCUT2D eigenvalue weighted by molar-refractivity contribution is 5.78. The summed E-state index contributed by atoms with van der Waals surface area (Å²) >= 11 is 0. The zero-order valence-corrected chi connectivity index (χ0v) is 14.9. The second-order valence-electron chi connectivity index (χ2n) is 6.35. The van der Waals surface area contributed by atoms with Crippen molar-refractivity contribution >= 4 is 11.6 Å². The van der Waals surface area contributed by atoms with E-state index in [0.29, 0.717) is 13.0 Å². The highest BCUT2D eigenvalue weighted by Crippen LogP contribution is 2.12. The standard InChI is InChI=1S/C22H23N3O/c1-17-4-6-19(7-5-17)15-24-21-10-8-18(9-11-21)13-22(26)25-16-20-3-2-12-23-14-20/h2-12,14,24H,13,15-16H2,1H3,(H,25,26). The first-order chi connectivity index (χ1) is 12.7. The average molecular weight is 345 g/mol. The number of nitrogens with zero attached hydrogens (tertiary/aromatic N) is 1. The third-order valence-corrected chi connectivity index (χ3v) is 4.15. The van der Waals surface area contributed by atoms with Crippen molar-refractivity contribution in [3.8, 4) is 0 Å². The van der Waals surface area contributed by atoms with E-state index in [1.165, 1.54) is 11.1 Å². The van der Waals surface area contributed by atoms with Gasteiger partial charge in [-0.2, -0.15) is 0 Å². The molecule has 0 unspecified atom stereocenters. The summed E-state index contributed by atoms with van der Waals surface area (Å²) in [5.41, 5.74) is 5.55. The fourth-order valence-electron chi connectivity index (χ4n) is 2.60. The van der Waals surface area contributed by atoms with Crippen LogP contribution in [0.15, 0.2) is 73.1 Å². The summed E-state index contributed by atoms with van der Waals surface area (Å²) in [6, 6.07) is 20.3. The number of benzene rings is 2. The molecule has 2 N–H and O–H groups in total. The predicted octanol–water partition coefficient (Wildman–Crippen LogP) is 3.86. The van der Waals surface area contributed by atoms with Crippen LogP contribution in [0.5, 0.6) is 0 Å². The third kappa shape index (κ3) is 5.45. The Labute approximate surface area is 154 Å². The Morgan fingerprint density at radius 3 is 2.31 bits per heavy atom. The van der Waals surface area contributed by atoms with E-state index in [1.54, 1.807) is 12.4 Å². The molecule has 0 aliphatic heterocycles. The number of aryl methyl sites for hydroxylation is 1. The molecule has 0 bridgehead atoms. The molecule has 0 fully saturated rings. The number of aromatic nitrogens is 1. The van der Waals surface area contributed by atoms with Crippen LogP contribution in [0.2, 0.25) is 0 Å². The predicted molar refractivity (Wildman–Crippen MR) is 105 cm³/mol. The molecule has 0 aliphatic carbocycles. The lowest BCUT2D eigenvalue weighted by atomic mass is 10.1. The molecule has 26 heavy (non-hydrogen) atoms. The van der Waals surface area contributed by atoms with Gasteiger partial charge in [0.25, 0.3) is 0 Å². The van der Waals surface area contributed by atoms with Crippen LogP contribution in [0.3, 0.4) is 0 Å². The molecule has 0 atom stereocenters. The Hall–Kier alpha value is -3.14. The first-order valence-corrected chi connectivity index (χ1v) is 8.73. The van der Waals surface area contributed by atoms with Gasteiger partial charge in [0.05, 0.1) is 6.42 Å². The quantitative estimate of drug-likeness (QED) is 0.684. The minimum absolute atomic E-state index is 0.00853. The summed E-state index contributed by atoms with van der Waals surface area (Å²) in [5, 5.41) is 6.32. The van der Waals surface area contributed by atoms with E-state index in [0.717, 1.165) is 23.4 Å². The lowest BCUT2D eigenvalue weighted by Crippen LogP contribution is -2.24. The smallest absolute Gasteiger partial charge is 0.224 e. The molecule has 3 aromatic rings.